The van der Waals surface area contributed by atoms with Crippen molar-refractivity contribution in [2.45, 2.75) is 78.4 Å². The number of quaternary nitrogens is 1. The normalized spacial score (nSPS) is 15.5. The van der Waals surface area contributed by atoms with Gasteiger partial charge in [-0.3, -0.25) is 4.79 Å². The van der Waals surface area contributed by atoms with E-state index in [-0.39, 0.29) is 25.9 Å². The van der Waals surface area contributed by atoms with E-state index < -0.39 is 23.0 Å². The maximum absolute atomic E-state index is 12.9. The van der Waals surface area contributed by atoms with Gasteiger partial charge in [-0.1, -0.05) is 42.5 Å². The van der Waals surface area contributed by atoms with E-state index in [1.807, 2.05) is 13.8 Å². The second-order valence-electron chi connectivity index (χ2n) is 12.2. The molecule has 2 aliphatic carbocycles. The van der Waals surface area contributed by atoms with Crippen LogP contribution in [-0.4, -0.2) is 56.6 Å². The summed E-state index contributed by atoms with van der Waals surface area (Å²) in [5.74, 6) is -0.985. The number of hydrogen-bond acceptors (Lipinski definition) is 6. The summed E-state index contributed by atoms with van der Waals surface area (Å²) in [6.45, 7) is 9.90. The Bertz CT molecular complexity index is 1320. The molecule has 2 aromatic carbocycles. The van der Waals surface area contributed by atoms with Crippen molar-refractivity contribution < 1.29 is 34.3 Å². The number of esters is 2. The number of carbonyl (C=O) groups excluding carboxylic acids is 2. The molecular formula is C34H46NO6+. The van der Waals surface area contributed by atoms with E-state index in [9.17, 15) is 9.59 Å². The summed E-state index contributed by atoms with van der Waals surface area (Å²) in [5.41, 5.74) is 8.39. The van der Waals surface area contributed by atoms with Gasteiger partial charge in [0.25, 0.3) is 0 Å². The number of ether oxygens (including phenoxy) is 4. The molecule has 2 aliphatic rings. The van der Waals surface area contributed by atoms with Crippen LogP contribution in [0.1, 0.15) is 76.1 Å². The molecule has 2 aromatic rings. The molecule has 0 aromatic heterocycles. The molecule has 0 saturated heterocycles. The fourth-order valence-electron chi connectivity index (χ4n) is 5.35. The summed E-state index contributed by atoms with van der Waals surface area (Å²) in [4.78, 5) is 25.6. The highest BCUT2D eigenvalue weighted by molar-refractivity contribution is 6.03. The topological polar surface area (TPSA) is 98.7 Å². The molecule has 41 heavy (non-hydrogen) atoms. The van der Waals surface area contributed by atoms with E-state index in [0.29, 0.717) is 13.2 Å². The van der Waals surface area contributed by atoms with Crippen LogP contribution in [0, 0.1) is 5.41 Å². The number of benzene rings is 2. The van der Waals surface area contributed by atoms with Crippen molar-refractivity contribution in [1.29, 1.82) is 0 Å². The third-order valence-corrected chi connectivity index (χ3v) is 7.84. The van der Waals surface area contributed by atoms with Crippen LogP contribution in [0.4, 0.5) is 0 Å². The second kappa shape index (κ2) is 13.3. The summed E-state index contributed by atoms with van der Waals surface area (Å²) < 4.78 is 22.5. The molecule has 7 nitrogen and oxygen atoms in total. The minimum Gasteiger partial charge on any atom is -0.462 e. The zero-order valence-corrected chi connectivity index (χ0v) is 25.3. The zero-order valence-electron chi connectivity index (χ0n) is 25.3. The van der Waals surface area contributed by atoms with Gasteiger partial charge in [0.15, 0.2) is 5.60 Å². The molecule has 1 atom stereocenters. The number of carbonyl (C=O) groups is 2. The zero-order chi connectivity index (χ0) is 29.6. The van der Waals surface area contributed by atoms with E-state index >= 15 is 0 Å². The molecule has 0 heterocycles. The van der Waals surface area contributed by atoms with Gasteiger partial charge >= 0.3 is 11.9 Å². The number of unbranched alkanes of at least 4 members (excludes halogenated alkanes) is 1. The molecule has 0 aliphatic heterocycles. The molecule has 7 heteroatoms. The Morgan fingerprint density at radius 3 is 2.51 bits per heavy atom. The van der Waals surface area contributed by atoms with Crippen molar-refractivity contribution in [2.75, 3.05) is 33.0 Å². The Morgan fingerprint density at radius 2 is 1.76 bits per heavy atom. The minimum absolute atomic E-state index is 0.0741. The molecule has 222 valence electrons. The Labute approximate surface area is 244 Å². The molecule has 1 unspecified atom stereocenters. The predicted octanol–water partition coefficient (Wildman–Crippen LogP) is 5.07. The van der Waals surface area contributed by atoms with Crippen LogP contribution in [0.2, 0.25) is 0 Å². The Hall–Kier alpha value is -3.00. The van der Waals surface area contributed by atoms with Crippen molar-refractivity contribution in [3.05, 3.63) is 58.7 Å². The average molecular weight is 565 g/mol. The van der Waals surface area contributed by atoms with Crippen molar-refractivity contribution in [2.24, 2.45) is 5.41 Å². The minimum atomic E-state index is -1.14. The summed E-state index contributed by atoms with van der Waals surface area (Å²) in [5, 5.41) is 2.77. The Morgan fingerprint density at radius 1 is 0.951 bits per heavy atom. The third-order valence-electron chi connectivity index (χ3n) is 7.84. The molecule has 0 amide bonds. The van der Waals surface area contributed by atoms with Crippen molar-refractivity contribution in [1.82, 2.24) is 0 Å². The first kappa shape index (κ1) is 30.9. The molecular weight excluding hydrogens is 518 g/mol. The van der Waals surface area contributed by atoms with Crippen molar-refractivity contribution in [3.8, 4) is 0 Å². The van der Waals surface area contributed by atoms with Crippen molar-refractivity contribution >= 4 is 34.4 Å². The molecule has 0 saturated carbocycles. The first-order chi connectivity index (χ1) is 19.6. The van der Waals surface area contributed by atoms with E-state index in [0.717, 1.165) is 32.1 Å². The lowest BCUT2D eigenvalue weighted by molar-refractivity contribution is -0.372. The van der Waals surface area contributed by atoms with Gasteiger partial charge < -0.3 is 24.7 Å². The fraction of sp³-hybridized carbons (Fsp3) is 0.529. The maximum Gasteiger partial charge on any atom is 0.337 e. The van der Waals surface area contributed by atoms with Crippen LogP contribution in [0.25, 0.3) is 22.4 Å². The van der Waals surface area contributed by atoms with E-state index in [2.05, 4.69) is 48.2 Å². The highest BCUT2D eigenvalue weighted by Crippen LogP contribution is 2.41. The van der Waals surface area contributed by atoms with Gasteiger partial charge in [0.1, 0.15) is 25.2 Å². The van der Waals surface area contributed by atoms with Crippen LogP contribution in [0.15, 0.2) is 36.4 Å². The first-order valence-electron chi connectivity index (χ1n) is 14.9. The monoisotopic (exact) mass is 564 g/mol. The van der Waals surface area contributed by atoms with Gasteiger partial charge in [-0.15, -0.1) is 0 Å². The highest BCUT2D eigenvalue weighted by atomic mass is 16.6. The van der Waals surface area contributed by atoms with Gasteiger partial charge in [-0.25, -0.2) is 4.79 Å². The Balaban J connectivity index is 1.29. The van der Waals surface area contributed by atoms with Gasteiger partial charge in [0.2, 0.25) is 0 Å². The van der Waals surface area contributed by atoms with E-state index in [1.165, 1.54) is 38.6 Å². The van der Waals surface area contributed by atoms with Gasteiger partial charge in [0.05, 0.1) is 12.7 Å². The number of aryl methyl sites for hydroxylation is 1. The summed E-state index contributed by atoms with van der Waals surface area (Å²) >= 11 is 0. The lowest BCUT2D eigenvalue weighted by Gasteiger charge is -2.30. The maximum atomic E-state index is 12.9. The lowest BCUT2D eigenvalue weighted by Crippen LogP contribution is -2.53. The second-order valence-corrected chi connectivity index (χ2v) is 12.2. The quantitative estimate of drug-likeness (QED) is 0.240. The standard InChI is InChI=1S/C34H45NO6/c1-23(2)39-21-34(5,32(37)38-20-18-35)22-40-31(36)33(3,4)41-19-7-6-9-24-12-13-27-15-14-25-10-8-11-26-16-17-28(24)30(27)29(25)26/h8,11-14,16-17,23H,6-7,9-10,15,18-22,35H2,1-5H3/p+1. The van der Waals surface area contributed by atoms with Crippen LogP contribution in [-0.2, 0) is 41.4 Å². The molecule has 0 fully saturated rings. The van der Waals surface area contributed by atoms with Crippen LogP contribution < -0.4 is 5.73 Å². The lowest BCUT2D eigenvalue weighted by atomic mass is 9.80. The number of hydrogen-bond donors (Lipinski definition) is 1. The summed E-state index contributed by atoms with van der Waals surface area (Å²) in [6.07, 6.45) is 11.5. The molecule has 3 N–H and O–H groups in total. The summed E-state index contributed by atoms with van der Waals surface area (Å²) in [6, 6.07) is 9.08. The molecule has 0 spiro atoms. The first-order valence-corrected chi connectivity index (χ1v) is 14.9. The molecule has 4 rings (SSSR count). The molecule has 0 bridgehead atoms. The predicted molar refractivity (Wildman–Crippen MR) is 161 cm³/mol. The van der Waals surface area contributed by atoms with Gasteiger partial charge in [-0.05, 0) is 105 Å². The van der Waals surface area contributed by atoms with E-state index in [1.54, 1.807) is 20.8 Å². The largest absolute Gasteiger partial charge is 0.462 e. The van der Waals surface area contributed by atoms with Crippen LogP contribution in [0.3, 0.4) is 0 Å². The van der Waals surface area contributed by atoms with Crippen molar-refractivity contribution in [3.63, 3.8) is 0 Å². The number of allylic oxidation sites excluding steroid dienone is 3. The Kier molecular flexibility index (Phi) is 10.1. The average Bonchev–Trinajstić information content (AvgIpc) is 2.96. The summed E-state index contributed by atoms with van der Waals surface area (Å²) in [7, 11) is 0. The van der Waals surface area contributed by atoms with Crippen LogP contribution >= 0.6 is 0 Å². The van der Waals surface area contributed by atoms with Gasteiger partial charge in [0, 0.05) is 6.61 Å². The van der Waals surface area contributed by atoms with Gasteiger partial charge in [-0.2, -0.15) is 0 Å². The third kappa shape index (κ3) is 7.26. The number of rotatable bonds is 15. The smallest absolute Gasteiger partial charge is 0.337 e. The van der Waals surface area contributed by atoms with Crippen LogP contribution in [0.5, 0.6) is 0 Å². The molecule has 0 radical (unpaired) electrons. The van der Waals surface area contributed by atoms with E-state index in [4.69, 9.17) is 18.9 Å². The fourth-order valence-corrected chi connectivity index (χ4v) is 5.35. The SMILES string of the molecule is CC(C)OCC(C)(COC(=O)C(C)(C)OCCCCc1ccc2c3c4c(ccc13)C=CCC4=CC2)C(=O)OCC[NH3+]. The highest BCUT2D eigenvalue weighted by Gasteiger charge is 2.40.